The van der Waals surface area contributed by atoms with E-state index < -0.39 is 12.0 Å². The molecule has 0 fully saturated rings. The van der Waals surface area contributed by atoms with E-state index in [0.717, 1.165) is 0 Å². The number of nitrogens with zero attached hydrogens (tertiary/aromatic N) is 3. The highest BCUT2D eigenvalue weighted by Crippen LogP contribution is 2.03. The minimum Gasteiger partial charge on any atom is -0.467 e. The highest BCUT2D eigenvalue weighted by Gasteiger charge is 2.24. The van der Waals surface area contributed by atoms with Gasteiger partial charge in [-0.05, 0) is 5.92 Å². The maximum Gasteiger partial charge on any atom is 0.328 e. The van der Waals surface area contributed by atoms with Crippen LogP contribution in [0.25, 0.3) is 0 Å². The van der Waals surface area contributed by atoms with Crippen LogP contribution < -0.4 is 5.32 Å². The van der Waals surface area contributed by atoms with Crippen LogP contribution in [0.15, 0.2) is 12.4 Å². The fourth-order valence-electron chi connectivity index (χ4n) is 1.31. The van der Waals surface area contributed by atoms with E-state index in [1.165, 1.54) is 18.0 Å². The van der Waals surface area contributed by atoms with Gasteiger partial charge in [-0.3, -0.25) is 4.79 Å². The third-order valence-electron chi connectivity index (χ3n) is 2.22. The minimum absolute atomic E-state index is 0.0280. The number of amides is 1. The van der Waals surface area contributed by atoms with Gasteiger partial charge in [-0.15, -0.1) is 5.10 Å². The number of hydrogen-bond acceptors (Lipinski definition) is 5. The third kappa shape index (κ3) is 3.86. The first kappa shape index (κ1) is 13.1. The predicted octanol–water partition coefficient (Wildman–Crippen LogP) is -0.408. The quantitative estimate of drug-likeness (QED) is 0.707. The third-order valence-corrected chi connectivity index (χ3v) is 2.22. The van der Waals surface area contributed by atoms with E-state index >= 15 is 0 Å². The van der Waals surface area contributed by atoms with Crippen molar-refractivity contribution in [3.8, 4) is 0 Å². The molecule has 0 saturated heterocycles. The number of carbonyl (C=O) groups excluding carboxylic acids is 2. The monoisotopic (exact) mass is 240 g/mol. The Kier molecular flexibility index (Phi) is 4.62. The number of carbonyl (C=O) groups is 2. The Labute approximate surface area is 99.1 Å². The molecule has 0 aromatic carbocycles. The van der Waals surface area contributed by atoms with Crippen LogP contribution in [0, 0.1) is 5.92 Å². The summed E-state index contributed by atoms with van der Waals surface area (Å²) >= 11 is 0. The van der Waals surface area contributed by atoms with E-state index in [1.807, 2.05) is 13.8 Å². The summed E-state index contributed by atoms with van der Waals surface area (Å²) in [6.07, 6.45) is 3.05. The number of nitrogens with one attached hydrogen (secondary N) is 1. The lowest BCUT2D eigenvalue weighted by molar-refractivity contribution is -0.146. The van der Waals surface area contributed by atoms with Crippen LogP contribution in [0.5, 0.6) is 0 Å². The normalized spacial score (nSPS) is 12.2. The lowest BCUT2D eigenvalue weighted by atomic mass is 10.0. The fourth-order valence-corrected chi connectivity index (χ4v) is 1.31. The van der Waals surface area contributed by atoms with Gasteiger partial charge in [0, 0.05) is 6.20 Å². The molecule has 1 aromatic heterocycles. The van der Waals surface area contributed by atoms with Gasteiger partial charge < -0.3 is 10.1 Å². The smallest absolute Gasteiger partial charge is 0.328 e. The van der Waals surface area contributed by atoms with Crippen molar-refractivity contribution in [2.45, 2.75) is 26.4 Å². The van der Waals surface area contributed by atoms with Gasteiger partial charge in [-0.1, -0.05) is 19.1 Å². The average molecular weight is 240 g/mol. The summed E-state index contributed by atoms with van der Waals surface area (Å²) in [5.74, 6) is -0.798. The van der Waals surface area contributed by atoms with Gasteiger partial charge in [0.1, 0.15) is 12.6 Å². The van der Waals surface area contributed by atoms with Crippen LogP contribution in [0.2, 0.25) is 0 Å². The van der Waals surface area contributed by atoms with E-state index in [0.29, 0.717) is 0 Å². The Morgan fingerprint density at radius 2 is 2.18 bits per heavy atom. The van der Waals surface area contributed by atoms with Crippen molar-refractivity contribution in [3.63, 3.8) is 0 Å². The molecular formula is C10H16N4O3. The van der Waals surface area contributed by atoms with Gasteiger partial charge in [0.15, 0.2) is 0 Å². The lowest BCUT2D eigenvalue weighted by Gasteiger charge is -2.19. The highest BCUT2D eigenvalue weighted by atomic mass is 16.5. The van der Waals surface area contributed by atoms with Gasteiger partial charge >= 0.3 is 5.97 Å². The Hall–Kier alpha value is -1.92. The van der Waals surface area contributed by atoms with Crippen molar-refractivity contribution in [2.24, 2.45) is 5.92 Å². The van der Waals surface area contributed by atoms with Crippen molar-refractivity contribution in [3.05, 3.63) is 12.4 Å². The van der Waals surface area contributed by atoms with Crippen molar-refractivity contribution in [1.82, 2.24) is 20.3 Å². The SMILES string of the molecule is COC(=O)C(NC(=O)Cn1ccnn1)C(C)C. The standard InChI is InChI=1S/C10H16N4O3/c1-7(2)9(10(16)17-3)12-8(15)6-14-5-4-11-13-14/h4-5,7,9H,6H2,1-3H3,(H,12,15). The summed E-state index contributed by atoms with van der Waals surface area (Å²) in [5, 5.41) is 9.85. The molecule has 0 aliphatic rings. The molecule has 0 aliphatic heterocycles. The second-order valence-electron chi connectivity index (χ2n) is 3.91. The maximum atomic E-state index is 11.6. The summed E-state index contributed by atoms with van der Waals surface area (Å²) < 4.78 is 6.00. The second kappa shape index (κ2) is 5.97. The van der Waals surface area contributed by atoms with E-state index in [4.69, 9.17) is 0 Å². The molecule has 17 heavy (non-hydrogen) atoms. The first-order chi connectivity index (χ1) is 8.04. The van der Waals surface area contributed by atoms with Gasteiger partial charge in [-0.2, -0.15) is 0 Å². The van der Waals surface area contributed by atoms with E-state index in [9.17, 15) is 9.59 Å². The first-order valence-corrected chi connectivity index (χ1v) is 5.26. The zero-order valence-corrected chi connectivity index (χ0v) is 10.1. The molecule has 0 bridgehead atoms. The molecule has 1 heterocycles. The van der Waals surface area contributed by atoms with E-state index in [-0.39, 0.29) is 18.4 Å². The molecule has 1 amide bonds. The average Bonchev–Trinajstić information content (AvgIpc) is 2.77. The molecule has 1 atom stereocenters. The highest BCUT2D eigenvalue weighted by molar-refractivity contribution is 5.84. The Morgan fingerprint density at radius 3 is 2.65 bits per heavy atom. The minimum atomic E-state index is -0.643. The topological polar surface area (TPSA) is 86.1 Å². The first-order valence-electron chi connectivity index (χ1n) is 5.26. The fraction of sp³-hybridized carbons (Fsp3) is 0.600. The molecule has 0 aliphatic carbocycles. The predicted molar refractivity (Wildman–Crippen MR) is 58.8 cm³/mol. The molecule has 0 spiro atoms. The molecular weight excluding hydrogens is 224 g/mol. The van der Waals surface area contributed by atoms with Crippen molar-refractivity contribution in [2.75, 3.05) is 7.11 Å². The van der Waals surface area contributed by atoms with Crippen LogP contribution in [-0.4, -0.2) is 40.0 Å². The van der Waals surface area contributed by atoms with Gasteiger partial charge in [-0.25, -0.2) is 9.48 Å². The number of rotatable bonds is 5. The molecule has 7 nitrogen and oxygen atoms in total. The number of methoxy groups -OCH3 is 1. The molecule has 0 saturated carbocycles. The molecule has 1 aromatic rings. The molecule has 0 radical (unpaired) electrons. The van der Waals surface area contributed by atoms with Crippen molar-refractivity contribution >= 4 is 11.9 Å². The van der Waals surface area contributed by atoms with E-state index in [1.54, 1.807) is 6.20 Å². The van der Waals surface area contributed by atoms with Gasteiger partial charge in [0.05, 0.1) is 13.3 Å². The van der Waals surface area contributed by atoms with Crippen LogP contribution in [-0.2, 0) is 20.9 Å². The van der Waals surface area contributed by atoms with Crippen LogP contribution in [0.1, 0.15) is 13.8 Å². The zero-order chi connectivity index (χ0) is 12.8. The molecule has 7 heteroatoms. The molecule has 1 unspecified atom stereocenters. The Morgan fingerprint density at radius 1 is 1.47 bits per heavy atom. The molecule has 94 valence electrons. The second-order valence-corrected chi connectivity index (χ2v) is 3.91. The van der Waals surface area contributed by atoms with Crippen LogP contribution >= 0.6 is 0 Å². The molecule has 1 N–H and O–H groups in total. The largest absolute Gasteiger partial charge is 0.467 e. The number of ether oxygens (including phenoxy) is 1. The summed E-state index contributed by atoms with van der Waals surface area (Å²) in [7, 11) is 1.29. The van der Waals surface area contributed by atoms with Crippen LogP contribution in [0.3, 0.4) is 0 Å². The Bertz CT molecular complexity index is 375. The molecule has 1 rings (SSSR count). The summed E-state index contributed by atoms with van der Waals surface area (Å²) in [6.45, 7) is 3.69. The van der Waals surface area contributed by atoms with Crippen molar-refractivity contribution < 1.29 is 14.3 Å². The van der Waals surface area contributed by atoms with Crippen LogP contribution in [0.4, 0.5) is 0 Å². The van der Waals surface area contributed by atoms with Gasteiger partial charge in [0.25, 0.3) is 0 Å². The number of esters is 1. The number of hydrogen-bond donors (Lipinski definition) is 1. The summed E-state index contributed by atoms with van der Waals surface area (Å²) in [4.78, 5) is 23.1. The summed E-state index contributed by atoms with van der Waals surface area (Å²) in [6, 6.07) is -0.643. The van der Waals surface area contributed by atoms with Gasteiger partial charge in [0.2, 0.25) is 5.91 Å². The van der Waals surface area contributed by atoms with E-state index in [2.05, 4.69) is 20.4 Å². The maximum absolute atomic E-state index is 11.6. The Balaban J connectivity index is 2.55. The summed E-state index contributed by atoms with van der Waals surface area (Å²) in [5.41, 5.74) is 0. The number of aromatic nitrogens is 3. The van der Waals surface area contributed by atoms with Crippen molar-refractivity contribution in [1.29, 1.82) is 0 Å². The lowest BCUT2D eigenvalue weighted by Crippen LogP contribution is -2.46. The zero-order valence-electron chi connectivity index (χ0n) is 10.1.